The van der Waals surface area contributed by atoms with E-state index >= 15 is 0 Å². The number of carbonyl (C=O) groups is 1. The van der Waals surface area contributed by atoms with E-state index in [2.05, 4.69) is 14.9 Å². The number of hydrogen-bond acceptors (Lipinski definition) is 8. The molecule has 0 radical (unpaired) electrons. The van der Waals surface area contributed by atoms with Crippen LogP contribution in [0.3, 0.4) is 0 Å². The van der Waals surface area contributed by atoms with Gasteiger partial charge >= 0.3 is 18.5 Å². The van der Waals surface area contributed by atoms with Crippen molar-refractivity contribution in [3.8, 4) is 6.08 Å². The number of amides is 1. The molecule has 2 unspecified atom stereocenters. The van der Waals surface area contributed by atoms with Crippen LogP contribution in [0.25, 0.3) is 0 Å². The van der Waals surface area contributed by atoms with E-state index < -0.39 is 43.0 Å². The Morgan fingerprint density at radius 1 is 1.33 bits per heavy atom. The van der Waals surface area contributed by atoms with Gasteiger partial charge in [0.25, 0.3) is 0 Å². The summed E-state index contributed by atoms with van der Waals surface area (Å²) in [5, 5.41) is 7.43. The Hall–Kier alpha value is -2.08. The normalized spacial score (nSPS) is 19.7. The van der Waals surface area contributed by atoms with E-state index in [4.69, 9.17) is 19.6 Å². The van der Waals surface area contributed by atoms with Crippen molar-refractivity contribution in [3.63, 3.8) is 0 Å². The number of carbonyl (C=O) groups excluding carboxylic acids is 1. The Morgan fingerprint density at radius 2 is 2.04 bits per heavy atom. The first kappa shape index (κ1) is 21.2. The number of likely N-dealkylation sites (tertiary alicyclic amines) is 1. The Bertz CT molecular complexity index is 632. The summed E-state index contributed by atoms with van der Waals surface area (Å²) in [6.07, 6.45) is -4.98. The Morgan fingerprint density at radius 3 is 2.67 bits per heavy atom. The molecule has 0 spiro atoms. The molecule has 1 fully saturated rings. The van der Waals surface area contributed by atoms with E-state index in [0.717, 1.165) is 12.8 Å². The Kier molecular flexibility index (Phi) is 6.52. The van der Waals surface area contributed by atoms with Gasteiger partial charge in [-0.25, -0.2) is 4.79 Å². The molecule has 0 aromatic carbocycles. The molecule has 2 N–H and O–H groups in total. The molecule has 0 saturated carbocycles. The van der Waals surface area contributed by atoms with Gasteiger partial charge in [-0.05, 0) is 40.0 Å². The number of piperidine rings is 1. The summed E-state index contributed by atoms with van der Waals surface area (Å²) in [4.78, 5) is 13.9. The lowest BCUT2D eigenvalue weighted by Gasteiger charge is -2.34. The summed E-state index contributed by atoms with van der Waals surface area (Å²) in [5.41, 5.74) is 4.73. The van der Waals surface area contributed by atoms with Gasteiger partial charge in [0.05, 0.1) is 0 Å². The highest BCUT2D eigenvalue weighted by Crippen LogP contribution is 2.32. The van der Waals surface area contributed by atoms with Crippen molar-refractivity contribution in [1.29, 1.82) is 0 Å². The molecule has 27 heavy (non-hydrogen) atoms. The molecule has 12 heteroatoms. The summed E-state index contributed by atoms with van der Waals surface area (Å²) >= 11 is 0. The maximum Gasteiger partial charge on any atom is 0.522 e. The van der Waals surface area contributed by atoms with E-state index in [1.807, 2.05) is 0 Å². The van der Waals surface area contributed by atoms with Gasteiger partial charge in [-0.15, -0.1) is 18.3 Å². The van der Waals surface area contributed by atoms with Crippen molar-refractivity contribution in [2.24, 2.45) is 5.73 Å². The average Bonchev–Trinajstić information content (AvgIpc) is 2.99. The SMILES string of the molecule is CC(C)(C)OC(=O)N1CCCCC1c1nnc(OC(N)COC(F)(F)F)o1. The van der Waals surface area contributed by atoms with Gasteiger partial charge in [-0.3, -0.25) is 15.4 Å². The summed E-state index contributed by atoms with van der Waals surface area (Å²) < 4.78 is 55.2. The molecule has 2 heterocycles. The third-order valence-electron chi connectivity index (χ3n) is 3.50. The van der Waals surface area contributed by atoms with Crippen LogP contribution in [0.4, 0.5) is 18.0 Å². The largest absolute Gasteiger partial charge is 0.522 e. The molecular formula is C15H23F3N4O5. The minimum atomic E-state index is -4.82. The minimum Gasteiger partial charge on any atom is -0.444 e. The van der Waals surface area contributed by atoms with Crippen molar-refractivity contribution < 1.29 is 36.6 Å². The number of nitrogens with two attached hydrogens (primary N) is 1. The van der Waals surface area contributed by atoms with E-state index in [1.54, 1.807) is 20.8 Å². The molecule has 2 atom stereocenters. The predicted octanol–water partition coefficient (Wildman–Crippen LogP) is 2.73. The average molecular weight is 396 g/mol. The zero-order valence-corrected chi connectivity index (χ0v) is 15.3. The number of halogens is 3. The number of aromatic nitrogens is 2. The van der Waals surface area contributed by atoms with Crippen LogP contribution in [-0.2, 0) is 9.47 Å². The summed E-state index contributed by atoms with van der Waals surface area (Å²) in [6, 6.07) is -0.513. The third-order valence-corrected chi connectivity index (χ3v) is 3.50. The lowest BCUT2D eigenvalue weighted by Crippen LogP contribution is -2.42. The number of rotatable bonds is 5. The van der Waals surface area contributed by atoms with Gasteiger partial charge in [0.15, 0.2) is 6.23 Å². The topological polar surface area (TPSA) is 113 Å². The summed E-state index contributed by atoms with van der Waals surface area (Å²) in [6.45, 7) is 4.79. The monoisotopic (exact) mass is 396 g/mol. The Labute approximate surface area is 153 Å². The third kappa shape index (κ3) is 6.86. The van der Waals surface area contributed by atoms with Gasteiger partial charge in [-0.1, -0.05) is 5.10 Å². The van der Waals surface area contributed by atoms with Gasteiger partial charge < -0.3 is 13.9 Å². The number of ether oxygens (including phenoxy) is 3. The van der Waals surface area contributed by atoms with Crippen molar-refractivity contribution in [3.05, 3.63) is 5.89 Å². The highest BCUT2D eigenvalue weighted by molar-refractivity contribution is 5.68. The van der Waals surface area contributed by atoms with Crippen LogP contribution >= 0.6 is 0 Å². The molecule has 9 nitrogen and oxygen atoms in total. The highest BCUT2D eigenvalue weighted by atomic mass is 19.4. The van der Waals surface area contributed by atoms with E-state index in [-0.39, 0.29) is 5.89 Å². The van der Waals surface area contributed by atoms with Crippen LogP contribution in [0.5, 0.6) is 6.08 Å². The second-order valence-electron chi connectivity index (χ2n) is 7.00. The van der Waals surface area contributed by atoms with Crippen molar-refractivity contribution >= 4 is 6.09 Å². The second-order valence-corrected chi connectivity index (χ2v) is 7.00. The van der Waals surface area contributed by atoms with Gasteiger partial charge in [0, 0.05) is 6.54 Å². The lowest BCUT2D eigenvalue weighted by atomic mass is 10.0. The lowest BCUT2D eigenvalue weighted by molar-refractivity contribution is -0.329. The van der Waals surface area contributed by atoms with E-state index in [0.29, 0.717) is 13.0 Å². The van der Waals surface area contributed by atoms with Crippen LogP contribution in [-0.4, -0.2) is 52.5 Å². The molecule has 0 aliphatic carbocycles. The van der Waals surface area contributed by atoms with Crippen LogP contribution < -0.4 is 10.5 Å². The van der Waals surface area contributed by atoms with Crippen LogP contribution in [0.15, 0.2) is 4.42 Å². The minimum absolute atomic E-state index is 0.0968. The van der Waals surface area contributed by atoms with Gasteiger partial charge in [0.2, 0.25) is 5.89 Å². The summed E-state index contributed by atoms with van der Waals surface area (Å²) in [7, 11) is 0. The predicted molar refractivity (Wildman–Crippen MR) is 84.4 cm³/mol. The highest BCUT2D eigenvalue weighted by Gasteiger charge is 2.35. The fourth-order valence-electron chi connectivity index (χ4n) is 2.47. The van der Waals surface area contributed by atoms with Gasteiger partial charge in [-0.2, -0.15) is 0 Å². The first-order chi connectivity index (χ1) is 12.4. The number of hydrogen-bond donors (Lipinski definition) is 1. The number of alkyl halides is 3. The van der Waals surface area contributed by atoms with Crippen LogP contribution in [0.1, 0.15) is 52.0 Å². The first-order valence-electron chi connectivity index (χ1n) is 8.40. The fraction of sp³-hybridized carbons (Fsp3) is 0.800. The van der Waals surface area contributed by atoms with Gasteiger partial charge in [0.1, 0.15) is 18.2 Å². The zero-order chi connectivity index (χ0) is 20.2. The smallest absolute Gasteiger partial charge is 0.444 e. The van der Waals surface area contributed by atoms with Crippen LogP contribution in [0, 0.1) is 0 Å². The molecule has 0 bridgehead atoms. The van der Waals surface area contributed by atoms with E-state index in [1.165, 1.54) is 4.90 Å². The molecule has 1 aromatic heterocycles. The quantitative estimate of drug-likeness (QED) is 0.756. The molecule has 2 rings (SSSR count). The molecule has 1 aliphatic heterocycles. The molecule has 1 saturated heterocycles. The Balaban J connectivity index is 2.01. The van der Waals surface area contributed by atoms with Crippen molar-refractivity contribution in [1.82, 2.24) is 15.1 Å². The molecule has 1 aromatic rings. The van der Waals surface area contributed by atoms with Crippen molar-refractivity contribution in [2.45, 2.75) is 64.3 Å². The number of nitrogens with zero attached hydrogens (tertiary/aromatic N) is 3. The maximum atomic E-state index is 12.4. The zero-order valence-electron chi connectivity index (χ0n) is 15.3. The first-order valence-corrected chi connectivity index (χ1v) is 8.40. The second kappa shape index (κ2) is 8.30. The van der Waals surface area contributed by atoms with Crippen molar-refractivity contribution in [2.75, 3.05) is 13.2 Å². The molecule has 1 aliphatic rings. The van der Waals surface area contributed by atoms with Crippen LogP contribution in [0.2, 0.25) is 0 Å². The molecular weight excluding hydrogens is 373 g/mol. The maximum absolute atomic E-state index is 12.4. The fourth-order valence-corrected chi connectivity index (χ4v) is 2.47. The molecule has 154 valence electrons. The molecule has 1 amide bonds. The standard InChI is InChI=1S/C15H23F3N4O5/c1-14(2,3)27-13(23)22-7-5-4-6-9(22)11-20-21-12(26-11)25-10(19)8-24-15(16,17)18/h9-10H,4-8,19H2,1-3H3. The van der Waals surface area contributed by atoms with E-state index in [9.17, 15) is 18.0 Å². The summed E-state index contributed by atoms with van der Waals surface area (Å²) in [5.74, 6) is 0.0968.